The van der Waals surface area contributed by atoms with Crippen LogP contribution in [0.2, 0.25) is 0 Å². The van der Waals surface area contributed by atoms with Crippen molar-refractivity contribution < 1.29 is 9.18 Å². The smallest absolute Gasteiger partial charge is 0.268 e. The summed E-state index contributed by atoms with van der Waals surface area (Å²) in [4.78, 5) is 16.1. The van der Waals surface area contributed by atoms with Crippen molar-refractivity contribution in [1.29, 1.82) is 0 Å². The first kappa shape index (κ1) is 13.7. The second-order valence-electron chi connectivity index (χ2n) is 4.58. The Bertz CT molecular complexity index is 658. The monoisotopic (exact) mass is 354 g/mol. The number of carbonyl (C=O) groups is 1. The highest BCUT2D eigenvalue weighted by atomic mass is 79.9. The molecular formula is C14H12BrFN2OS. The molecule has 1 aromatic carbocycles. The van der Waals surface area contributed by atoms with Crippen LogP contribution in [0, 0.1) is 5.82 Å². The Morgan fingerprint density at radius 2 is 2.30 bits per heavy atom. The third-order valence-corrected chi connectivity index (χ3v) is 4.79. The van der Waals surface area contributed by atoms with E-state index in [1.807, 2.05) is 0 Å². The van der Waals surface area contributed by atoms with Crippen LogP contribution >= 0.6 is 27.7 Å². The summed E-state index contributed by atoms with van der Waals surface area (Å²) in [5.74, 6) is 0.466. The van der Waals surface area contributed by atoms with E-state index in [4.69, 9.17) is 0 Å². The Morgan fingerprint density at radius 3 is 3.05 bits per heavy atom. The van der Waals surface area contributed by atoms with Gasteiger partial charge in [0, 0.05) is 21.3 Å². The molecule has 2 heterocycles. The molecule has 2 N–H and O–H groups in total. The predicted molar refractivity (Wildman–Crippen MR) is 80.4 cm³/mol. The average Bonchev–Trinajstić information content (AvgIpc) is 2.86. The van der Waals surface area contributed by atoms with Gasteiger partial charge in [0.05, 0.1) is 6.04 Å². The summed E-state index contributed by atoms with van der Waals surface area (Å²) >= 11 is 4.99. The number of fused-ring (bicyclic) bond motifs is 1. The number of hydrogen-bond acceptors (Lipinski definition) is 2. The van der Waals surface area contributed by atoms with E-state index in [-0.39, 0.29) is 17.8 Å². The number of amides is 1. The molecule has 6 heteroatoms. The minimum absolute atomic E-state index is 0.142. The molecule has 1 atom stereocenters. The third-order valence-electron chi connectivity index (χ3n) is 3.21. The lowest BCUT2D eigenvalue weighted by Gasteiger charge is -2.25. The van der Waals surface area contributed by atoms with Crippen LogP contribution in [0.1, 0.15) is 28.5 Å². The number of carbonyl (C=O) groups excluding carboxylic acids is 1. The van der Waals surface area contributed by atoms with E-state index in [2.05, 4.69) is 26.2 Å². The minimum atomic E-state index is -0.270. The second-order valence-corrected chi connectivity index (χ2v) is 6.63. The second kappa shape index (κ2) is 5.61. The molecular weight excluding hydrogens is 343 g/mol. The van der Waals surface area contributed by atoms with Crippen LogP contribution in [0.15, 0.2) is 39.8 Å². The molecule has 104 valence electrons. The summed E-state index contributed by atoms with van der Waals surface area (Å²) in [5, 5.41) is 2.96. The highest BCUT2D eigenvalue weighted by molar-refractivity contribution is 9.10. The van der Waals surface area contributed by atoms with E-state index in [1.165, 1.54) is 12.1 Å². The SMILES string of the molecule is O=C(N[C@H]1CCSc2ccc(F)cc21)c1cc(Br)c[nH]1. The van der Waals surface area contributed by atoms with Gasteiger partial charge in [0.25, 0.3) is 5.91 Å². The summed E-state index contributed by atoms with van der Waals surface area (Å²) in [6, 6.07) is 6.32. The molecule has 3 nitrogen and oxygen atoms in total. The molecule has 0 saturated carbocycles. The van der Waals surface area contributed by atoms with Crippen molar-refractivity contribution >= 4 is 33.6 Å². The molecule has 1 aliphatic rings. The van der Waals surface area contributed by atoms with Crippen molar-refractivity contribution in [2.24, 2.45) is 0 Å². The minimum Gasteiger partial charge on any atom is -0.356 e. The lowest BCUT2D eigenvalue weighted by Crippen LogP contribution is -2.30. The number of benzene rings is 1. The van der Waals surface area contributed by atoms with Gasteiger partial charge in [-0.25, -0.2) is 4.39 Å². The lowest BCUT2D eigenvalue weighted by molar-refractivity contribution is 0.0930. The van der Waals surface area contributed by atoms with Gasteiger partial charge in [0.15, 0.2) is 0 Å². The van der Waals surface area contributed by atoms with Gasteiger partial charge in [-0.15, -0.1) is 11.8 Å². The van der Waals surface area contributed by atoms with Crippen LogP contribution in [0.25, 0.3) is 0 Å². The maximum Gasteiger partial charge on any atom is 0.268 e. The lowest BCUT2D eigenvalue weighted by atomic mass is 10.0. The van der Waals surface area contributed by atoms with Crippen LogP contribution in [0.4, 0.5) is 4.39 Å². The molecule has 2 aromatic rings. The number of aromatic nitrogens is 1. The molecule has 0 fully saturated rings. The first-order valence-corrected chi connectivity index (χ1v) is 7.98. The molecule has 1 aliphatic heterocycles. The van der Waals surface area contributed by atoms with Gasteiger partial charge in [-0.2, -0.15) is 0 Å². The highest BCUT2D eigenvalue weighted by Crippen LogP contribution is 2.36. The fourth-order valence-corrected chi connectivity index (χ4v) is 3.70. The Morgan fingerprint density at radius 1 is 1.45 bits per heavy atom. The molecule has 20 heavy (non-hydrogen) atoms. The molecule has 3 rings (SSSR count). The van der Waals surface area contributed by atoms with Gasteiger partial charge in [0.2, 0.25) is 0 Å². The first-order valence-electron chi connectivity index (χ1n) is 6.20. The standard InChI is InChI=1S/C14H12BrFN2OS/c15-8-5-12(17-7-8)14(19)18-11-3-4-20-13-2-1-9(16)6-10(11)13/h1-2,5-7,11,17H,3-4H2,(H,18,19)/t11-/m0/s1. The van der Waals surface area contributed by atoms with E-state index in [1.54, 1.807) is 30.1 Å². The number of rotatable bonds is 2. The summed E-state index contributed by atoms with van der Waals surface area (Å²) in [7, 11) is 0. The zero-order valence-electron chi connectivity index (χ0n) is 10.5. The highest BCUT2D eigenvalue weighted by Gasteiger charge is 2.23. The summed E-state index contributed by atoms with van der Waals surface area (Å²) in [6.45, 7) is 0. The van der Waals surface area contributed by atoms with Gasteiger partial charge in [-0.3, -0.25) is 4.79 Å². The third kappa shape index (κ3) is 2.76. The number of hydrogen-bond donors (Lipinski definition) is 2. The normalized spacial score (nSPS) is 17.6. The Labute approximate surface area is 128 Å². The van der Waals surface area contributed by atoms with Crippen molar-refractivity contribution in [3.05, 3.63) is 52.0 Å². The molecule has 0 radical (unpaired) electrons. The van der Waals surface area contributed by atoms with E-state index in [9.17, 15) is 9.18 Å². The molecule has 0 bridgehead atoms. The fourth-order valence-electron chi connectivity index (χ4n) is 2.25. The number of aromatic amines is 1. The van der Waals surface area contributed by atoms with Crippen molar-refractivity contribution in [1.82, 2.24) is 10.3 Å². The Balaban J connectivity index is 1.82. The van der Waals surface area contributed by atoms with Gasteiger partial charge in [-0.1, -0.05) is 0 Å². The van der Waals surface area contributed by atoms with Crippen LogP contribution < -0.4 is 5.32 Å². The van der Waals surface area contributed by atoms with Crippen LogP contribution in [0.5, 0.6) is 0 Å². The number of nitrogens with one attached hydrogen (secondary N) is 2. The summed E-state index contributed by atoms with van der Waals surface area (Å²) in [6.07, 6.45) is 2.51. The van der Waals surface area contributed by atoms with Gasteiger partial charge < -0.3 is 10.3 Å². The average molecular weight is 355 g/mol. The van der Waals surface area contributed by atoms with E-state index in [0.29, 0.717) is 5.69 Å². The van der Waals surface area contributed by atoms with Crippen molar-refractivity contribution in [2.45, 2.75) is 17.4 Å². The van der Waals surface area contributed by atoms with Crippen molar-refractivity contribution in [3.8, 4) is 0 Å². The van der Waals surface area contributed by atoms with Crippen LogP contribution in [0.3, 0.4) is 0 Å². The summed E-state index contributed by atoms with van der Waals surface area (Å²) in [5.41, 5.74) is 1.35. The molecule has 0 spiro atoms. The largest absolute Gasteiger partial charge is 0.356 e. The maximum absolute atomic E-state index is 13.4. The molecule has 1 aromatic heterocycles. The summed E-state index contributed by atoms with van der Waals surface area (Å²) < 4.78 is 14.2. The van der Waals surface area contributed by atoms with Crippen molar-refractivity contribution in [2.75, 3.05) is 5.75 Å². The van der Waals surface area contributed by atoms with E-state index in [0.717, 1.165) is 27.1 Å². The number of halogens is 2. The van der Waals surface area contributed by atoms with Crippen LogP contribution in [-0.4, -0.2) is 16.6 Å². The Kier molecular flexibility index (Phi) is 3.85. The van der Waals surface area contributed by atoms with Gasteiger partial charge in [0.1, 0.15) is 11.5 Å². The van der Waals surface area contributed by atoms with Crippen molar-refractivity contribution in [3.63, 3.8) is 0 Å². The fraction of sp³-hybridized carbons (Fsp3) is 0.214. The predicted octanol–water partition coefficient (Wildman–Crippen LogP) is 3.88. The van der Waals surface area contributed by atoms with Gasteiger partial charge in [-0.05, 0) is 52.2 Å². The topological polar surface area (TPSA) is 44.9 Å². The number of thioether (sulfide) groups is 1. The Hall–Kier alpha value is -1.27. The zero-order chi connectivity index (χ0) is 14.1. The van der Waals surface area contributed by atoms with E-state index >= 15 is 0 Å². The number of H-pyrrole nitrogens is 1. The molecule has 0 aliphatic carbocycles. The molecule has 1 amide bonds. The quantitative estimate of drug-likeness (QED) is 0.859. The van der Waals surface area contributed by atoms with Gasteiger partial charge >= 0.3 is 0 Å². The first-order chi connectivity index (χ1) is 9.63. The maximum atomic E-state index is 13.4. The van der Waals surface area contributed by atoms with E-state index < -0.39 is 0 Å². The van der Waals surface area contributed by atoms with Crippen LogP contribution in [-0.2, 0) is 0 Å². The molecule has 0 unspecified atom stereocenters. The molecule has 0 saturated heterocycles. The zero-order valence-corrected chi connectivity index (χ0v) is 12.9.